The summed E-state index contributed by atoms with van der Waals surface area (Å²) >= 11 is 1.41. The minimum Gasteiger partial charge on any atom is -0.462 e. The Hall–Kier alpha value is -2.59. The molecule has 1 atom stereocenters. The second-order valence-electron chi connectivity index (χ2n) is 4.86. The van der Waals surface area contributed by atoms with E-state index in [1.165, 1.54) is 17.8 Å². The third-order valence-electron chi connectivity index (χ3n) is 3.21. The van der Waals surface area contributed by atoms with E-state index in [0.717, 1.165) is 22.2 Å². The molecule has 110 valence electrons. The highest BCUT2D eigenvalue weighted by Gasteiger charge is 2.14. The van der Waals surface area contributed by atoms with Crippen LogP contribution in [0, 0.1) is 18.3 Å². The van der Waals surface area contributed by atoms with Crippen molar-refractivity contribution >= 4 is 28.5 Å². The summed E-state index contributed by atoms with van der Waals surface area (Å²) in [6, 6.07) is 5.43. The molecule has 0 radical (unpaired) electrons. The van der Waals surface area contributed by atoms with Crippen LogP contribution in [0.5, 0.6) is 0 Å². The molecule has 0 aliphatic carbocycles. The Kier molecular flexibility index (Phi) is 3.69. The summed E-state index contributed by atoms with van der Waals surface area (Å²) in [5, 5.41) is 10.5. The molecule has 0 spiro atoms. The van der Waals surface area contributed by atoms with Crippen molar-refractivity contribution in [1.82, 2.24) is 15.0 Å². The first kappa shape index (κ1) is 14.4. The summed E-state index contributed by atoms with van der Waals surface area (Å²) in [5.41, 5.74) is 8.68. The van der Waals surface area contributed by atoms with Gasteiger partial charge in [-0.1, -0.05) is 11.8 Å². The fraction of sp³-hybridized carbons (Fsp3) is 0.200. The quantitative estimate of drug-likeness (QED) is 0.585. The number of rotatable bonds is 3. The van der Waals surface area contributed by atoms with Crippen LogP contribution < -0.4 is 5.73 Å². The van der Waals surface area contributed by atoms with E-state index in [-0.39, 0.29) is 16.8 Å². The maximum atomic E-state index is 8.94. The van der Waals surface area contributed by atoms with Gasteiger partial charge < -0.3 is 10.2 Å². The molecule has 3 heterocycles. The van der Waals surface area contributed by atoms with E-state index in [1.807, 2.05) is 26.0 Å². The lowest BCUT2D eigenvalue weighted by Gasteiger charge is -2.10. The lowest BCUT2D eigenvalue weighted by Crippen LogP contribution is -1.99. The fourth-order valence-electron chi connectivity index (χ4n) is 2.07. The summed E-state index contributed by atoms with van der Waals surface area (Å²) in [6.07, 6.45) is 3.43. The lowest BCUT2D eigenvalue weighted by atomic mass is 10.2. The monoisotopic (exact) mass is 311 g/mol. The van der Waals surface area contributed by atoms with Crippen LogP contribution in [0.15, 0.2) is 34.2 Å². The van der Waals surface area contributed by atoms with Crippen LogP contribution in [0.1, 0.15) is 29.1 Å². The van der Waals surface area contributed by atoms with E-state index in [9.17, 15) is 0 Å². The Balaban J connectivity index is 1.89. The average molecular weight is 311 g/mol. The maximum Gasteiger partial charge on any atom is 0.191 e. The molecule has 7 heteroatoms. The first-order valence-electron chi connectivity index (χ1n) is 6.62. The van der Waals surface area contributed by atoms with E-state index < -0.39 is 0 Å². The second kappa shape index (κ2) is 5.66. The highest BCUT2D eigenvalue weighted by molar-refractivity contribution is 7.99. The first-order chi connectivity index (χ1) is 10.6. The van der Waals surface area contributed by atoms with E-state index in [0.29, 0.717) is 5.16 Å². The van der Waals surface area contributed by atoms with Gasteiger partial charge in [0, 0.05) is 11.5 Å². The number of nitrogens with two attached hydrogens (primary N) is 1. The number of aryl methyl sites for hydroxylation is 1. The van der Waals surface area contributed by atoms with Gasteiger partial charge in [-0.25, -0.2) is 9.97 Å². The van der Waals surface area contributed by atoms with Crippen molar-refractivity contribution in [1.29, 1.82) is 5.26 Å². The van der Waals surface area contributed by atoms with Crippen LogP contribution in [-0.4, -0.2) is 15.0 Å². The molecule has 2 N–H and O–H groups in total. The lowest BCUT2D eigenvalue weighted by molar-refractivity contribution is 0.611. The number of thioether (sulfide) groups is 1. The number of nitrogens with zero attached hydrogens (tertiary/aromatic N) is 4. The van der Waals surface area contributed by atoms with Crippen molar-refractivity contribution in [2.24, 2.45) is 0 Å². The van der Waals surface area contributed by atoms with Gasteiger partial charge in [0.15, 0.2) is 10.7 Å². The van der Waals surface area contributed by atoms with Crippen LogP contribution in [0.25, 0.3) is 11.0 Å². The number of nitrogen functional groups attached to an aromatic ring is 1. The van der Waals surface area contributed by atoms with Gasteiger partial charge in [-0.15, -0.1) is 0 Å². The molecule has 0 aliphatic rings. The summed E-state index contributed by atoms with van der Waals surface area (Å²) in [7, 11) is 0. The molecular weight excluding hydrogens is 298 g/mol. The zero-order valence-electron chi connectivity index (χ0n) is 12.1. The van der Waals surface area contributed by atoms with E-state index in [4.69, 9.17) is 15.4 Å². The molecule has 1 unspecified atom stereocenters. The fourth-order valence-corrected chi connectivity index (χ4v) is 2.95. The number of pyridine rings is 1. The van der Waals surface area contributed by atoms with Gasteiger partial charge in [0.1, 0.15) is 17.6 Å². The first-order valence-corrected chi connectivity index (χ1v) is 7.50. The molecule has 3 rings (SSSR count). The molecule has 3 aromatic heterocycles. The van der Waals surface area contributed by atoms with Crippen LogP contribution in [0.4, 0.5) is 5.82 Å². The number of hydrogen-bond acceptors (Lipinski definition) is 7. The number of aromatic nitrogens is 3. The number of hydrogen-bond donors (Lipinski definition) is 1. The highest BCUT2D eigenvalue weighted by atomic mass is 32.2. The molecular formula is C15H13N5OS. The Morgan fingerprint density at radius 3 is 2.95 bits per heavy atom. The number of anilines is 1. The largest absolute Gasteiger partial charge is 0.462 e. The van der Waals surface area contributed by atoms with Gasteiger partial charge in [0.05, 0.1) is 23.4 Å². The van der Waals surface area contributed by atoms with Crippen molar-refractivity contribution in [3.63, 3.8) is 0 Å². The molecule has 0 aliphatic heterocycles. The molecule has 0 saturated heterocycles. The van der Waals surface area contributed by atoms with Crippen LogP contribution in [-0.2, 0) is 0 Å². The van der Waals surface area contributed by atoms with Crippen molar-refractivity contribution in [3.8, 4) is 6.07 Å². The van der Waals surface area contributed by atoms with Crippen LogP contribution in [0.2, 0.25) is 0 Å². The topological polar surface area (TPSA) is 102 Å². The summed E-state index contributed by atoms with van der Waals surface area (Å²) in [5.74, 6) is 0.287. The Morgan fingerprint density at radius 2 is 2.18 bits per heavy atom. The number of nitriles is 1. The SMILES string of the molecule is Cc1coc2cnc(C(C)Sc3nc(N)cc(C#N)n3)cc12. The minimum absolute atomic E-state index is 0.0204. The predicted octanol–water partition coefficient (Wildman–Crippen LogP) is 3.23. The second-order valence-corrected chi connectivity index (χ2v) is 6.16. The zero-order chi connectivity index (χ0) is 15.7. The molecule has 3 aromatic rings. The van der Waals surface area contributed by atoms with Gasteiger partial charge >= 0.3 is 0 Å². The van der Waals surface area contributed by atoms with Crippen molar-refractivity contribution in [3.05, 3.63) is 41.5 Å². The average Bonchev–Trinajstić information content (AvgIpc) is 2.87. The molecule has 0 fully saturated rings. The zero-order valence-corrected chi connectivity index (χ0v) is 12.9. The molecule has 0 bridgehead atoms. The maximum absolute atomic E-state index is 8.94. The smallest absolute Gasteiger partial charge is 0.191 e. The van der Waals surface area contributed by atoms with E-state index >= 15 is 0 Å². The van der Waals surface area contributed by atoms with Crippen LogP contribution >= 0.6 is 11.8 Å². The van der Waals surface area contributed by atoms with Crippen molar-refractivity contribution in [2.75, 3.05) is 5.73 Å². The molecule has 0 amide bonds. The van der Waals surface area contributed by atoms with Crippen molar-refractivity contribution < 1.29 is 4.42 Å². The van der Waals surface area contributed by atoms with Gasteiger partial charge in [-0.3, -0.25) is 4.98 Å². The summed E-state index contributed by atoms with van der Waals surface area (Å²) < 4.78 is 5.40. The molecule has 0 saturated carbocycles. The molecule has 6 nitrogen and oxygen atoms in total. The van der Waals surface area contributed by atoms with E-state index in [2.05, 4.69) is 15.0 Å². The van der Waals surface area contributed by atoms with Gasteiger partial charge in [-0.05, 0) is 25.5 Å². The number of furan rings is 1. The third kappa shape index (κ3) is 2.73. The predicted molar refractivity (Wildman–Crippen MR) is 84.2 cm³/mol. The summed E-state index contributed by atoms with van der Waals surface area (Å²) in [4.78, 5) is 12.7. The van der Waals surface area contributed by atoms with Crippen molar-refractivity contribution in [2.45, 2.75) is 24.3 Å². The molecule has 0 aromatic carbocycles. The van der Waals surface area contributed by atoms with E-state index in [1.54, 1.807) is 12.5 Å². The van der Waals surface area contributed by atoms with Gasteiger partial charge in [-0.2, -0.15) is 5.26 Å². The summed E-state index contributed by atoms with van der Waals surface area (Å²) in [6.45, 7) is 4.00. The Labute approximate surface area is 131 Å². The van der Waals surface area contributed by atoms with Gasteiger partial charge in [0.2, 0.25) is 0 Å². The Morgan fingerprint density at radius 1 is 1.36 bits per heavy atom. The van der Waals surface area contributed by atoms with Crippen LogP contribution in [0.3, 0.4) is 0 Å². The third-order valence-corrected chi connectivity index (χ3v) is 4.20. The molecule has 22 heavy (non-hydrogen) atoms. The normalized spacial score (nSPS) is 12.2. The number of fused-ring (bicyclic) bond motifs is 1. The standard InChI is InChI=1S/C15H13N5OS/c1-8-7-21-13-6-18-12(4-11(8)13)9(2)22-15-19-10(5-16)3-14(17)20-15/h3-4,6-7,9H,1-2H3,(H2,17,19,20). The minimum atomic E-state index is 0.0204. The highest BCUT2D eigenvalue weighted by Crippen LogP contribution is 2.33. The van der Waals surface area contributed by atoms with Gasteiger partial charge in [0.25, 0.3) is 0 Å². The Bertz CT molecular complexity index is 883.